The molecule has 0 aliphatic carbocycles. The van der Waals surface area contributed by atoms with E-state index >= 15 is 0 Å². The quantitative estimate of drug-likeness (QED) is 0.427. The van der Waals surface area contributed by atoms with E-state index in [0.717, 1.165) is 27.5 Å². The molecule has 0 atom stereocenters. The number of aromatic hydroxyl groups is 1. The van der Waals surface area contributed by atoms with E-state index in [-0.39, 0.29) is 18.3 Å². The third kappa shape index (κ3) is 3.45. The number of hydrogen-bond acceptors (Lipinski definition) is 5. The summed E-state index contributed by atoms with van der Waals surface area (Å²) >= 11 is 1.26. The van der Waals surface area contributed by atoms with Crippen LogP contribution >= 0.6 is 11.3 Å². The van der Waals surface area contributed by atoms with Gasteiger partial charge < -0.3 is 10.1 Å². The predicted molar refractivity (Wildman–Crippen MR) is 130 cm³/mol. The Morgan fingerprint density at radius 3 is 2.68 bits per heavy atom. The molecule has 0 saturated carbocycles. The molecule has 6 rings (SSSR count). The number of aromatic nitrogens is 3. The molecule has 3 heterocycles. The van der Waals surface area contributed by atoms with Crippen molar-refractivity contribution in [1.82, 2.24) is 14.5 Å². The lowest BCUT2D eigenvalue weighted by Gasteiger charge is -2.04. The van der Waals surface area contributed by atoms with Crippen LogP contribution in [-0.2, 0) is 11.3 Å². The Kier molecular flexibility index (Phi) is 4.74. The maximum atomic E-state index is 12.9. The standard InChI is InChI=1S/C26H19N5O2S/c1-15-11-12-18-17(13-15)22(24(32)30-18)23-25(33)31(26(34-23)27-16-7-3-2-4-8-16)14-21-28-19-9-5-6-10-20(19)29-21/h2-13,33H,14H2,1H3,(H,28,29). The average molecular weight is 466 g/mol. The van der Waals surface area contributed by atoms with Crippen LogP contribution < -0.4 is 15.4 Å². The molecule has 8 heteroatoms. The molecule has 1 aliphatic rings. The molecule has 0 spiro atoms. The van der Waals surface area contributed by atoms with Crippen molar-refractivity contribution in [2.75, 3.05) is 0 Å². The van der Waals surface area contributed by atoms with E-state index in [1.54, 1.807) is 4.57 Å². The molecule has 0 saturated heterocycles. The number of para-hydroxylation sites is 3. The van der Waals surface area contributed by atoms with E-state index in [1.807, 2.05) is 79.7 Å². The molecule has 1 aliphatic heterocycles. The summed E-state index contributed by atoms with van der Waals surface area (Å²) in [6, 6.07) is 23.0. The van der Waals surface area contributed by atoms with Gasteiger partial charge >= 0.3 is 0 Å². The summed E-state index contributed by atoms with van der Waals surface area (Å²) in [5, 5.41) is 12.7. The lowest BCUT2D eigenvalue weighted by molar-refractivity contribution is -0.112. The lowest BCUT2D eigenvalue weighted by Crippen LogP contribution is -2.23. The van der Waals surface area contributed by atoms with Crippen LogP contribution in [0.3, 0.4) is 0 Å². The van der Waals surface area contributed by atoms with E-state index in [1.165, 1.54) is 11.3 Å². The summed E-state index contributed by atoms with van der Waals surface area (Å²) in [7, 11) is 0. The number of aryl methyl sites for hydroxylation is 1. The molecule has 0 bridgehead atoms. The van der Waals surface area contributed by atoms with E-state index < -0.39 is 0 Å². The molecular formula is C26H19N5O2S. The van der Waals surface area contributed by atoms with Gasteiger partial charge in [-0.2, -0.15) is 0 Å². The van der Waals surface area contributed by atoms with Gasteiger partial charge in [0.25, 0.3) is 5.91 Å². The van der Waals surface area contributed by atoms with Crippen LogP contribution in [-0.4, -0.2) is 25.5 Å². The molecule has 1 amide bonds. The number of fused-ring (bicyclic) bond motifs is 2. The molecule has 7 nitrogen and oxygen atoms in total. The third-order valence-electron chi connectivity index (χ3n) is 5.69. The van der Waals surface area contributed by atoms with Crippen LogP contribution in [0.4, 0.5) is 5.69 Å². The molecule has 5 aromatic rings. The fourth-order valence-corrected chi connectivity index (χ4v) is 5.18. The summed E-state index contributed by atoms with van der Waals surface area (Å²) in [6.45, 7) is 2.23. The molecule has 0 unspecified atom stereocenters. The Bertz CT molecular complexity index is 1740. The highest BCUT2D eigenvalue weighted by atomic mass is 32.1. The number of thiazole rings is 1. The normalized spacial score (nSPS) is 13.5. The first-order chi connectivity index (χ1) is 16.6. The maximum absolute atomic E-state index is 12.9. The van der Waals surface area contributed by atoms with Gasteiger partial charge in [0.05, 0.1) is 34.2 Å². The Morgan fingerprint density at radius 1 is 1.06 bits per heavy atom. The topological polar surface area (TPSA) is 95.6 Å². The van der Waals surface area contributed by atoms with Crippen LogP contribution in [0, 0.1) is 6.92 Å². The third-order valence-corrected chi connectivity index (χ3v) is 6.78. The summed E-state index contributed by atoms with van der Waals surface area (Å²) in [6.07, 6.45) is 0. The van der Waals surface area contributed by atoms with Gasteiger partial charge in [-0.05, 0) is 43.3 Å². The van der Waals surface area contributed by atoms with Crippen molar-refractivity contribution in [1.29, 1.82) is 0 Å². The summed E-state index contributed by atoms with van der Waals surface area (Å²) in [4.78, 5) is 30.8. The van der Waals surface area contributed by atoms with Gasteiger partial charge in [0, 0.05) is 5.22 Å². The van der Waals surface area contributed by atoms with Crippen molar-refractivity contribution in [2.24, 2.45) is 9.98 Å². The minimum absolute atomic E-state index is 0.0342. The highest BCUT2D eigenvalue weighted by Crippen LogP contribution is 2.29. The summed E-state index contributed by atoms with van der Waals surface area (Å²) in [5.74, 6) is 0.284. The molecule has 0 fully saturated rings. The second-order valence-corrected chi connectivity index (χ2v) is 9.06. The molecule has 2 aromatic heterocycles. The highest BCUT2D eigenvalue weighted by Gasteiger charge is 2.26. The number of carbonyl (C=O) groups excluding carboxylic acids is 1. The number of rotatable bonds is 4. The number of aromatic amines is 1. The van der Waals surface area contributed by atoms with Gasteiger partial charge in [0.15, 0.2) is 4.80 Å². The van der Waals surface area contributed by atoms with E-state index in [4.69, 9.17) is 4.99 Å². The van der Waals surface area contributed by atoms with Gasteiger partial charge in [-0.3, -0.25) is 9.36 Å². The number of carbonyl (C=O) groups is 1. The average Bonchev–Trinajstić information content (AvgIpc) is 3.48. The first kappa shape index (κ1) is 20.3. The molecule has 2 N–H and O–H groups in total. The number of hydrogen-bond donors (Lipinski definition) is 2. The van der Waals surface area contributed by atoms with Crippen LogP contribution in [0.2, 0.25) is 0 Å². The first-order valence-electron chi connectivity index (χ1n) is 10.8. The Hall–Kier alpha value is -4.30. The monoisotopic (exact) mass is 465 g/mol. The Balaban J connectivity index is 1.58. The molecule has 166 valence electrons. The van der Waals surface area contributed by atoms with Gasteiger partial charge in [0.2, 0.25) is 5.88 Å². The number of imidazole rings is 1. The Labute approximate surface area is 197 Å². The number of amides is 1. The highest BCUT2D eigenvalue weighted by molar-refractivity contribution is 7.11. The van der Waals surface area contributed by atoms with Crippen LogP contribution in [0.1, 0.15) is 16.3 Å². The smallest absolute Gasteiger partial charge is 0.279 e. The molecule has 0 radical (unpaired) electrons. The van der Waals surface area contributed by atoms with Crippen LogP contribution in [0.15, 0.2) is 82.8 Å². The summed E-state index contributed by atoms with van der Waals surface area (Å²) in [5.41, 5.74) is 3.92. The van der Waals surface area contributed by atoms with Crippen LogP contribution in [0.5, 0.6) is 5.88 Å². The van der Waals surface area contributed by atoms with Gasteiger partial charge in [-0.1, -0.05) is 53.3 Å². The number of H-pyrrole nitrogens is 1. The van der Waals surface area contributed by atoms with Crippen molar-refractivity contribution in [3.63, 3.8) is 0 Å². The zero-order chi connectivity index (χ0) is 23.2. The van der Waals surface area contributed by atoms with Gasteiger partial charge in [0.1, 0.15) is 10.7 Å². The predicted octanol–water partition coefficient (Wildman–Crippen LogP) is 3.08. The second-order valence-electron chi connectivity index (χ2n) is 8.08. The molecule has 3 aromatic carbocycles. The van der Waals surface area contributed by atoms with E-state index in [2.05, 4.69) is 15.0 Å². The largest absolute Gasteiger partial charge is 0.493 e. The molecule has 34 heavy (non-hydrogen) atoms. The minimum atomic E-state index is -0.362. The number of nitrogens with zero attached hydrogens (tertiary/aromatic N) is 4. The second kappa shape index (κ2) is 7.93. The molecular weight excluding hydrogens is 446 g/mol. The van der Waals surface area contributed by atoms with E-state index in [0.29, 0.717) is 26.4 Å². The van der Waals surface area contributed by atoms with Crippen molar-refractivity contribution >= 4 is 39.5 Å². The van der Waals surface area contributed by atoms with Crippen molar-refractivity contribution < 1.29 is 9.90 Å². The van der Waals surface area contributed by atoms with E-state index in [9.17, 15) is 9.90 Å². The lowest BCUT2D eigenvalue weighted by atomic mass is 10.1. The SMILES string of the molecule is Cc1ccc2c(c1)=C(c1sc(=Nc3ccccc3)n(Cc3nc4ccccc4[nH]3)c1O)C(=O)N=2. The Morgan fingerprint density at radius 2 is 1.85 bits per heavy atom. The maximum Gasteiger partial charge on any atom is 0.279 e. The number of nitrogens with one attached hydrogen (secondary N) is 1. The fraction of sp³-hybridized carbons (Fsp3) is 0.0769. The van der Waals surface area contributed by atoms with Gasteiger partial charge in [-0.15, -0.1) is 0 Å². The first-order valence-corrected chi connectivity index (χ1v) is 11.6. The zero-order valence-corrected chi connectivity index (χ0v) is 19.0. The van der Waals surface area contributed by atoms with Crippen molar-refractivity contribution in [2.45, 2.75) is 13.5 Å². The number of benzene rings is 3. The zero-order valence-electron chi connectivity index (χ0n) is 18.2. The van der Waals surface area contributed by atoms with Crippen molar-refractivity contribution in [3.05, 3.63) is 104 Å². The van der Waals surface area contributed by atoms with Crippen LogP contribution in [0.25, 0.3) is 16.6 Å². The van der Waals surface area contributed by atoms with Crippen molar-refractivity contribution in [3.8, 4) is 5.88 Å². The fourth-order valence-electron chi connectivity index (χ4n) is 4.08. The summed E-state index contributed by atoms with van der Waals surface area (Å²) < 4.78 is 1.68. The van der Waals surface area contributed by atoms with Gasteiger partial charge in [-0.25, -0.2) is 15.0 Å². The minimum Gasteiger partial charge on any atom is -0.493 e.